The molecule has 1 unspecified atom stereocenters. The Morgan fingerprint density at radius 3 is 2.66 bits per heavy atom. The number of carbonyl (C=O) groups excluding carboxylic acids is 2. The monoisotopic (exact) mass is 513 g/mol. The molecule has 6 heteroatoms. The van der Waals surface area contributed by atoms with E-state index >= 15 is 0 Å². The van der Waals surface area contributed by atoms with Gasteiger partial charge in [-0.05, 0) is 61.6 Å². The Balaban J connectivity index is 0.00000289. The van der Waals surface area contributed by atoms with E-state index in [4.69, 9.17) is 16.3 Å². The van der Waals surface area contributed by atoms with Gasteiger partial charge in [0, 0.05) is 23.1 Å². The number of methoxy groups -OCH3 is 1. The van der Waals surface area contributed by atoms with Crippen molar-refractivity contribution in [1.29, 1.82) is 0 Å². The fourth-order valence-electron chi connectivity index (χ4n) is 4.27. The van der Waals surface area contributed by atoms with Gasteiger partial charge in [0.25, 0.3) is 0 Å². The molecule has 0 aliphatic heterocycles. The SMILES string of the molecule is COc1ccc2c(c1)CCC(Cc1cc[n+](Cc3ccccc3Cl)cc1C(C)=O)C2=O.[Br-]. The fourth-order valence-corrected chi connectivity index (χ4v) is 4.46. The first-order chi connectivity index (χ1) is 15.0. The maximum Gasteiger partial charge on any atom is 0.180 e. The van der Waals surface area contributed by atoms with Gasteiger partial charge in [-0.3, -0.25) is 9.59 Å². The summed E-state index contributed by atoms with van der Waals surface area (Å²) in [6.07, 6.45) is 5.99. The molecule has 2 aromatic carbocycles. The number of aromatic nitrogens is 1. The molecule has 1 atom stereocenters. The Kier molecular flexibility index (Phi) is 7.86. The number of fused-ring (bicyclic) bond motifs is 1. The topological polar surface area (TPSA) is 47.2 Å². The number of rotatable bonds is 6. The van der Waals surface area contributed by atoms with E-state index in [9.17, 15) is 9.59 Å². The maximum absolute atomic E-state index is 13.1. The van der Waals surface area contributed by atoms with Crippen LogP contribution in [0.25, 0.3) is 0 Å². The highest BCUT2D eigenvalue weighted by atomic mass is 79.9. The minimum Gasteiger partial charge on any atom is -1.00 e. The molecule has 0 N–H and O–H groups in total. The van der Waals surface area contributed by atoms with Crippen LogP contribution in [0.2, 0.25) is 5.02 Å². The number of benzene rings is 2. The van der Waals surface area contributed by atoms with Crippen LogP contribution in [0, 0.1) is 5.92 Å². The number of carbonyl (C=O) groups is 2. The smallest absolute Gasteiger partial charge is 0.180 e. The molecule has 1 aromatic heterocycles. The molecule has 0 fully saturated rings. The highest BCUT2D eigenvalue weighted by molar-refractivity contribution is 6.31. The maximum atomic E-state index is 13.1. The molecule has 0 amide bonds. The number of aryl methyl sites for hydroxylation is 1. The Labute approximate surface area is 204 Å². The number of hydrogen-bond donors (Lipinski definition) is 0. The third-order valence-corrected chi connectivity index (χ3v) is 6.34. The molecule has 0 radical (unpaired) electrons. The van der Waals surface area contributed by atoms with Crippen molar-refractivity contribution in [1.82, 2.24) is 0 Å². The summed E-state index contributed by atoms with van der Waals surface area (Å²) in [6.45, 7) is 2.15. The number of halogens is 2. The first kappa shape index (κ1) is 24.1. The second-order valence-electron chi connectivity index (χ2n) is 8.03. The predicted octanol–water partition coefficient (Wildman–Crippen LogP) is 1.88. The Hall–Kier alpha value is -2.50. The molecule has 0 saturated heterocycles. The standard InChI is InChI=1S/C26H25ClNO3.BrH/c1-17(29)24-16-28(15-21-5-3-4-6-25(21)27)12-11-19(24)13-20-8-7-18-14-22(31-2)9-10-23(18)26(20)30;/h3-6,9-12,14,16,20H,7-8,13,15H2,1-2H3;1H/q+1;/p-1. The van der Waals surface area contributed by atoms with Gasteiger partial charge in [0.05, 0.1) is 17.7 Å². The van der Waals surface area contributed by atoms with Gasteiger partial charge in [-0.15, -0.1) is 0 Å². The molecule has 4 rings (SSSR count). The number of pyridine rings is 1. The zero-order valence-corrected chi connectivity index (χ0v) is 20.4. The summed E-state index contributed by atoms with van der Waals surface area (Å²) in [6, 6.07) is 15.3. The highest BCUT2D eigenvalue weighted by Gasteiger charge is 2.29. The normalized spacial score (nSPS) is 15.0. The summed E-state index contributed by atoms with van der Waals surface area (Å²) < 4.78 is 7.25. The molecule has 0 bridgehead atoms. The van der Waals surface area contributed by atoms with E-state index < -0.39 is 0 Å². The largest absolute Gasteiger partial charge is 1.00 e. The van der Waals surface area contributed by atoms with Crippen molar-refractivity contribution in [3.8, 4) is 5.75 Å². The fraction of sp³-hybridized carbons (Fsp3) is 0.269. The van der Waals surface area contributed by atoms with Gasteiger partial charge in [-0.2, -0.15) is 4.57 Å². The van der Waals surface area contributed by atoms with Crippen LogP contribution in [0.3, 0.4) is 0 Å². The lowest BCUT2D eigenvalue weighted by Crippen LogP contribution is -3.00. The van der Waals surface area contributed by atoms with Gasteiger partial charge >= 0.3 is 0 Å². The van der Waals surface area contributed by atoms with Crippen LogP contribution in [0.15, 0.2) is 60.9 Å². The molecule has 0 spiro atoms. The number of hydrogen-bond acceptors (Lipinski definition) is 3. The van der Waals surface area contributed by atoms with E-state index in [1.54, 1.807) is 14.0 Å². The van der Waals surface area contributed by atoms with Crippen molar-refractivity contribution in [2.45, 2.75) is 32.7 Å². The lowest BCUT2D eigenvalue weighted by molar-refractivity contribution is -0.688. The summed E-state index contributed by atoms with van der Waals surface area (Å²) in [7, 11) is 1.63. The molecule has 0 saturated carbocycles. The molecular weight excluding hydrogens is 490 g/mol. The Morgan fingerprint density at radius 2 is 1.94 bits per heavy atom. The van der Waals surface area contributed by atoms with E-state index in [1.807, 2.05) is 65.5 Å². The summed E-state index contributed by atoms with van der Waals surface area (Å²) in [4.78, 5) is 25.5. The van der Waals surface area contributed by atoms with E-state index in [-0.39, 0.29) is 34.5 Å². The van der Waals surface area contributed by atoms with Crippen molar-refractivity contribution in [3.63, 3.8) is 0 Å². The molecule has 1 aliphatic rings. The summed E-state index contributed by atoms with van der Waals surface area (Å²) in [5.74, 6) is 0.788. The third kappa shape index (κ3) is 5.11. The second kappa shape index (κ2) is 10.4. The quantitative estimate of drug-likeness (QED) is 0.373. The number of nitrogens with zero attached hydrogens (tertiary/aromatic N) is 1. The van der Waals surface area contributed by atoms with Crippen LogP contribution in [0.5, 0.6) is 5.75 Å². The number of ketones is 2. The van der Waals surface area contributed by atoms with E-state index in [2.05, 4.69) is 0 Å². The van der Waals surface area contributed by atoms with Crippen LogP contribution in [0.4, 0.5) is 0 Å². The zero-order chi connectivity index (χ0) is 22.0. The first-order valence-corrected chi connectivity index (χ1v) is 10.8. The van der Waals surface area contributed by atoms with Gasteiger partial charge in [-0.1, -0.05) is 29.8 Å². The number of ether oxygens (including phenoxy) is 1. The molecule has 32 heavy (non-hydrogen) atoms. The van der Waals surface area contributed by atoms with E-state index in [0.29, 0.717) is 23.6 Å². The molecule has 4 nitrogen and oxygen atoms in total. The summed E-state index contributed by atoms with van der Waals surface area (Å²) in [5, 5.41) is 0.701. The van der Waals surface area contributed by atoms with E-state index in [0.717, 1.165) is 40.8 Å². The van der Waals surface area contributed by atoms with Crippen LogP contribution in [-0.4, -0.2) is 18.7 Å². The molecule has 1 aliphatic carbocycles. The second-order valence-corrected chi connectivity index (χ2v) is 8.44. The van der Waals surface area contributed by atoms with Gasteiger partial charge in [0.1, 0.15) is 5.75 Å². The van der Waals surface area contributed by atoms with Crippen LogP contribution < -0.4 is 26.3 Å². The van der Waals surface area contributed by atoms with Crippen molar-refractivity contribution >= 4 is 23.2 Å². The van der Waals surface area contributed by atoms with E-state index in [1.165, 1.54) is 0 Å². The van der Waals surface area contributed by atoms with Crippen LogP contribution >= 0.6 is 11.6 Å². The summed E-state index contributed by atoms with van der Waals surface area (Å²) in [5.41, 5.74) is 4.37. The lowest BCUT2D eigenvalue weighted by atomic mass is 9.79. The van der Waals surface area contributed by atoms with Gasteiger partial charge in [-0.25, -0.2) is 0 Å². The number of Topliss-reactive ketones (excluding diaryl/α,β-unsaturated/α-hetero) is 2. The van der Waals surface area contributed by atoms with Crippen molar-refractivity contribution < 1.29 is 35.9 Å². The van der Waals surface area contributed by atoms with Gasteiger partial charge < -0.3 is 21.7 Å². The van der Waals surface area contributed by atoms with Crippen molar-refractivity contribution in [2.75, 3.05) is 7.11 Å². The van der Waals surface area contributed by atoms with Gasteiger partial charge in [0.15, 0.2) is 30.5 Å². The van der Waals surface area contributed by atoms with Gasteiger partial charge in [0.2, 0.25) is 0 Å². The highest BCUT2D eigenvalue weighted by Crippen LogP contribution is 2.31. The first-order valence-electron chi connectivity index (χ1n) is 10.4. The third-order valence-electron chi connectivity index (χ3n) is 5.98. The Morgan fingerprint density at radius 1 is 1.16 bits per heavy atom. The average Bonchev–Trinajstić information content (AvgIpc) is 2.77. The average molecular weight is 515 g/mol. The molecular formula is C26H25BrClNO3. The summed E-state index contributed by atoms with van der Waals surface area (Å²) >= 11 is 6.29. The van der Waals surface area contributed by atoms with Crippen LogP contribution in [0.1, 0.15) is 50.8 Å². The minimum absolute atomic E-state index is 0. The predicted molar refractivity (Wildman–Crippen MR) is 120 cm³/mol. The zero-order valence-electron chi connectivity index (χ0n) is 18.1. The molecule has 3 aromatic rings. The lowest BCUT2D eigenvalue weighted by Gasteiger charge is -2.24. The van der Waals surface area contributed by atoms with Crippen LogP contribution in [-0.2, 0) is 19.4 Å². The van der Waals surface area contributed by atoms with Crippen molar-refractivity contribution in [2.24, 2.45) is 5.92 Å². The molecule has 166 valence electrons. The minimum atomic E-state index is -0.126. The Bertz CT molecular complexity index is 1160. The van der Waals surface area contributed by atoms with Crippen molar-refractivity contribution in [3.05, 3.63) is 93.8 Å². The molecule has 1 heterocycles.